The van der Waals surface area contributed by atoms with Crippen molar-refractivity contribution >= 4 is 11.8 Å². The van der Waals surface area contributed by atoms with E-state index in [0.717, 1.165) is 24.8 Å². The van der Waals surface area contributed by atoms with Crippen LogP contribution in [-0.2, 0) is 16.0 Å². The minimum atomic E-state index is -0.349. The second kappa shape index (κ2) is 6.89. The Hall–Kier alpha value is -2.24. The van der Waals surface area contributed by atoms with Crippen molar-refractivity contribution in [1.29, 1.82) is 0 Å². The molecular formula is C17H22N2O4. The Bertz CT molecular complexity index is 602. The van der Waals surface area contributed by atoms with Crippen LogP contribution in [0.15, 0.2) is 18.2 Å². The summed E-state index contributed by atoms with van der Waals surface area (Å²) < 4.78 is 11.0. The van der Waals surface area contributed by atoms with E-state index in [9.17, 15) is 9.59 Å². The summed E-state index contributed by atoms with van der Waals surface area (Å²) in [6.45, 7) is 1.71. The zero-order chi connectivity index (χ0) is 16.2. The van der Waals surface area contributed by atoms with Gasteiger partial charge in [0, 0.05) is 13.6 Å². The van der Waals surface area contributed by atoms with Gasteiger partial charge in [-0.25, -0.2) is 0 Å². The summed E-state index contributed by atoms with van der Waals surface area (Å²) in [7, 11) is 1.61. The zero-order valence-electron chi connectivity index (χ0n) is 13.3. The van der Waals surface area contributed by atoms with Gasteiger partial charge in [-0.05, 0) is 37.0 Å². The van der Waals surface area contributed by atoms with E-state index in [1.165, 1.54) is 0 Å². The van der Waals surface area contributed by atoms with Gasteiger partial charge in [-0.2, -0.15) is 0 Å². The minimum Gasteiger partial charge on any atom is -0.486 e. The number of benzene rings is 1. The Kier molecular flexibility index (Phi) is 4.69. The van der Waals surface area contributed by atoms with E-state index in [2.05, 4.69) is 5.32 Å². The number of carbonyl (C=O) groups excluding carboxylic acids is 2. The predicted molar refractivity (Wildman–Crippen MR) is 84.6 cm³/mol. The smallest absolute Gasteiger partial charge is 0.242 e. The average Bonchev–Trinajstić information content (AvgIpc) is 2.61. The van der Waals surface area contributed by atoms with Gasteiger partial charge in [0.2, 0.25) is 11.8 Å². The molecule has 1 aromatic rings. The highest BCUT2D eigenvalue weighted by Crippen LogP contribution is 2.31. The molecule has 0 bridgehead atoms. The summed E-state index contributed by atoms with van der Waals surface area (Å²) in [4.78, 5) is 26.3. The van der Waals surface area contributed by atoms with Crippen LogP contribution in [0.4, 0.5) is 0 Å². The van der Waals surface area contributed by atoms with Gasteiger partial charge in [-0.1, -0.05) is 6.07 Å². The van der Waals surface area contributed by atoms with Crippen molar-refractivity contribution in [2.24, 2.45) is 0 Å². The van der Waals surface area contributed by atoms with E-state index < -0.39 is 0 Å². The van der Waals surface area contributed by atoms with Crippen LogP contribution in [0, 0.1) is 0 Å². The van der Waals surface area contributed by atoms with E-state index in [-0.39, 0.29) is 24.3 Å². The highest BCUT2D eigenvalue weighted by Gasteiger charge is 2.31. The lowest BCUT2D eigenvalue weighted by Gasteiger charge is -2.34. The van der Waals surface area contributed by atoms with Crippen LogP contribution in [0.1, 0.15) is 24.8 Å². The average molecular weight is 318 g/mol. The molecule has 23 heavy (non-hydrogen) atoms. The van der Waals surface area contributed by atoms with Crippen LogP contribution in [0.5, 0.6) is 11.5 Å². The Morgan fingerprint density at radius 2 is 2.00 bits per heavy atom. The number of nitrogens with one attached hydrogen (secondary N) is 1. The number of hydrogen-bond donors (Lipinski definition) is 1. The van der Waals surface area contributed by atoms with Crippen LogP contribution in [0.2, 0.25) is 0 Å². The second-order valence-corrected chi connectivity index (χ2v) is 5.87. The fourth-order valence-corrected chi connectivity index (χ4v) is 3.14. The number of likely N-dealkylation sites (N-methyl/N-ethyl adjacent to an activating group) is 1. The summed E-state index contributed by atoms with van der Waals surface area (Å²) in [5, 5.41) is 2.65. The van der Waals surface area contributed by atoms with Gasteiger partial charge in [0.1, 0.15) is 19.3 Å². The number of nitrogens with zero attached hydrogens (tertiary/aromatic N) is 1. The molecule has 1 atom stereocenters. The summed E-state index contributed by atoms with van der Waals surface area (Å²) in [5.41, 5.74) is 0.875. The third-order valence-electron chi connectivity index (χ3n) is 4.33. The molecule has 2 aliphatic heterocycles. The van der Waals surface area contributed by atoms with Crippen molar-refractivity contribution in [3.8, 4) is 11.5 Å². The molecule has 1 fully saturated rings. The minimum absolute atomic E-state index is 0.0185. The second-order valence-electron chi connectivity index (χ2n) is 5.87. The third-order valence-corrected chi connectivity index (χ3v) is 4.33. The summed E-state index contributed by atoms with van der Waals surface area (Å²) in [5.74, 6) is 1.30. The number of likely N-dealkylation sites (tertiary alicyclic amines) is 1. The van der Waals surface area contributed by atoms with Crippen molar-refractivity contribution in [3.63, 3.8) is 0 Å². The fraction of sp³-hybridized carbons (Fsp3) is 0.529. The van der Waals surface area contributed by atoms with E-state index in [4.69, 9.17) is 9.47 Å². The molecule has 2 heterocycles. The van der Waals surface area contributed by atoms with Gasteiger partial charge >= 0.3 is 0 Å². The molecule has 0 saturated carbocycles. The molecule has 6 nitrogen and oxygen atoms in total. The van der Waals surface area contributed by atoms with Crippen molar-refractivity contribution < 1.29 is 19.1 Å². The molecule has 0 aliphatic carbocycles. The molecule has 3 rings (SSSR count). The van der Waals surface area contributed by atoms with Crippen LogP contribution in [0.25, 0.3) is 0 Å². The van der Waals surface area contributed by atoms with E-state index in [0.29, 0.717) is 31.3 Å². The molecule has 0 aromatic heterocycles. The summed E-state index contributed by atoms with van der Waals surface area (Å²) in [6.07, 6.45) is 2.92. The lowest BCUT2D eigenvalue weighted by Crippen LogP contribution is -2.51. The molecule has 0 radical (unpaired) electrons. The van der Waals surface area contributed by atoms with Gasteiger partial charge in [0.15, 0.2) is 11.5 Å². The highest BCUT2D eigenvalue weighted by atomic mass is 16.6. The van der Waals surface area contributed by atoms with Gasteiger partial charge in [0.25, 0.3) is 0 Å². The van der Waals surface area contributed by atoms with Crippen LogP contribution >= 0.6 is 0 Å². The Morgan fingerprint density at radius 1 is 1.22 bits per heavy atom. The standard InChI is InChI=1S/C17H22N2O4/c1-18-17(21)13-4-2-3-7-19(13)16(20)11-12-5-6-14-15(10-12)23-9-8-22-14/h5-6,10,13H,2-4,7-9,11H2,1H3,(H,18,21)/t13-/m0/s1. The topological polar surface area (TPSA) is 67.9 Å². The number of hydrogen-bond acceptors (Lipinski definition) is 4. The van der Waals surface area contributed by atoms with E-state index in [1.54, 1.807) is 11.9 Å². The maximum absolute atomic E-state index is 12.6. The normalized spacial score (nSPS) is 20.0. The largest absolute Gasteiger partial charge is 0.486 e. The molecule has 0 spiro atoms. The Labute approximate surface area is 135 Å². The molecular weight excluding hydrogens is 296 g/mol. The predicted octanol–water partition coefficient (Wildman–Crippen LogP) is 1.13. The van der Waals surface area contributed by atoms with Gasteiger partial charge in [0.05, 0.1) is 6.42 Å². The van der Waals surface area contributed by atoms with Crippen molar-refractivity contribution in [3.05, 3.63) is 23.8 Å². The molecule has 0 unspecified atom stereocenters. The quantitative estimate of drug-likeness (QED) is 0.907. The summed E-state index contributed by atoms with van der Waals surface area (Å²) in [6, 6.07) is 5.22. The first kappa shape index (κ1) is 15.6. The number of fused-ring (bicyclic) bond motifs is 1. The monoisotopic (exact) mass is 318 g/mol. The van der Waals surface area contributed by atoms with Crippen LogP contribution < -0.4 is 14.8 Å². The molecule has 2 aliphatic rings. The SMILES string of the molecule is CNC(=O)[C@@H]1CCCCN1C(=O)Cc1ccc2c(c1)OCCO2. The summed E-state index contributed by atoms with van der Waals surface area (Å²) >= 11 is 0. The molecule has 1 saturated heterocycles. The molecule has 2 amide bonds. The first-order chi connectivity index (χ1) is 11.2. The van der Waals surface area contributed by atoms with Gasteiger partial charge < -0.3 is 19.7 Å². The maximum atomic E-state index is 12.6. The van der Waals surface area contributed by atoms with Crippen LogP contribution in [0.3, 0.4) is 0 Å². The Balaban J connectivity index is 1.71. The number of carbonyl (C=O) groups is 2. The number of piperidine rings is 1. The first-order valence-electron chi connectivity index (χ1n) is 8.08. The van der Waals surface area contributed by atoms with Crippen molar-refractivity contribution in [1.82, 2.24) is 10.2 Å². The van der Waals surface area contributed by atoms with E-state index >= 15 is 0 Å². The molecule has 6 heteroatoms. The number of rotatable bonds is 3. The Morgan fingerprint density at radius 3 is 2.78 bits per heavy atom. The van der Waals surface area contributed by atoms with Crippen molar-refractivity contribution in [2.75, 3.05) is 26.8 Å². The number of amides is 2. The maximum Gasteiger partial charge on any atom is 0.242 e. The third kappa shape index (κ3) is 3.41. The molecule has 1 aromatic carbocycles. The van der Waals surface area contributed by atoms with Crippen molar-refractivity contribution in [2.45, 2.75) is 31.7 Å². The van der Waals surface area contributed by atoms with E-state index in [1.807, 2.05) is 18.2 Å². The van der Waals surface area contributed by atoms with Gasteiger partial charge in [-0.3, -0.25) is 9.59 Å². The highest BCUT2D eigenvalue weighted by molar-refractivity contribution is 5.88. The van der Waals surface area contributed by atoms with Crippen LogP contribution in [-0.4, -0.2) is 49.6 Å². The lowest BCUT2D eigenvalue weighted by molar-refractivity contribution is -0.141. The molecule has 1 N–H and O–H groups in total. The first-order valence-corrected chi connectivity index (χ1v) is 8.08. The van der Waals surface area contributed by atoms with Gasteiger partial charge in [-0.15, -0.1) is 0 Å². The fourth-order valence-electron chi connectivity index (χ4n) is 3.14. The number of ether oxygens (including phenoxy) is 2. The zero-order valence-corrected chi connectivity index (χ0v) is 13.3. The molecule has 124 valence electrons. The lowest BCUT2D eigenvalue weighted by atomic mass is 10.00.